The van der Waals surface area contributed by atoms with E-state index in [-0.39, 0.29) is 12.0 Å². The quantitative estimate of drug-likeness (QED) is 0.529. The second kappa shape index (κ2) is 2.88. The minimum absolute atomic E-state index is 0.198. The lowest BCUT2D eigenvalue weighted by Gasteiger charge is -2.28. The van der Waals surface area contributed by atoms with Gasteiger partial charge in [0.05, 0.1) is 0 Å². The van der Waals surface area contributed by atoms with Gasteiger partial charge in [-0.2, -0.15) is 12.8 Å². The van der Waals surface area contributed by atoms with Crippen molar-refractivity contribution in [2.75, 3.05) is 0 Å². The summed E-state index contributed by atoms with van der Waals surface area (Å²) in [6.07, 6.45) is 2.97. The third kappa shape index (κ3) is 2.96. The van der Waals surface area contributed by atoms with E-state index in [1.165, 1.54) is 6.21 Å². The Morgan fingerprint density at radius 1 is 1.45 bits per heavy atom. The number of rotatable bonds is 2. The molecule has 5 nitrogen and oxygen atoms in total. The Bertz CT molecular complexity index is 253. The minimum Gasteiger partial charge on any atom is -0.328 e. The van der Waals surface area contributed by atoms with Crippen LogP contribution in [0.1, 0.15) is 12.8 Å². The molecule has 0 aromatic carbocycles. The first-order valence-electron chi connectivity index (χ1n) is 3.31. The first-order valence-corrected chi connectivity index (χ1v) is 4.81. The summed E-state index contributed by atoms with van der Waals surface area (Å²) in [5, 5.41) is 4.64. The predicted octanol–water partition coefficient (Wildman–Crippen LogP) is -1.00. The molecule has 0 aromatic rings. The number of hydrogen-bond acceptors (Lipinski definition) is 3. The van der Waals surface area contributed by atoms with Gasteiger partial charge in [0.2, 0.25) is 0 Å². The lowest BCUT2D eigenvalue weighted by molar-refractivity contribution is 0.351. The molecule has 0 radical (unpaired) electrons. The zero-order chi connectivity index (χ0) is 8.48. The van der Waals surface area contributed by atoms with Crippen LogP contribution in [0.2, 0.25) is 0 Å². The molecule has 1 saturated carbocycles. The highest BCUT2D eigenvalue weighted by molar-refractivity contribution is 7.87. The summed E-state index contributed by atoms with van der Waals surface area (Å²) < 4.78 is 23.8. The average Bonchev–Trinajstić information content (AvgIpc) is 1.75. The van der Waals surface area contributed by atoms with Crippen LogP contribution in [0.3, 0.4) is 0 Å². The van der Waals surface area contributed by atoms with E-state index < -0.39 is 10.2 Å². The van der Waals surface area contributed by atoms with E-state index in [0.717, 1.165) is 12.8 Å². The van der Waals surface area contributed by atoms with Gasteiger partial charge >= 0.3 is 10.2 Å². The molecule has 0 amide bonds. The number of hydrogen-bond donors (Lipinski definition) is 2. The van der Waals surface area contributed by atoms with Crippen LogP contribution in [0, 0.1) is 5.92 Å². The normalized spacial score (nSPS) is 32.2. The maximum absolute atomic E-state index is 10.3. The minimum atomic E-state index is -3.68. The van der Waals surface area contributed by atoms with Crippen LogP contribution in [0.5, 0.6) is 0 Å². The third-order valence-corrected chi connectivity index (χ3v) is 2.05. The number of nitrogens with zero attached hydrogens (tertiary/aromatic N) is 1. The first kappa shape index (κ1) is 8.63. The van der Waals surface area contributed by atoms with Crippen LogP contribution in [-0.4, -0.2) is 20.7 Å². The molecule has 0 bridgehead atoms. The zero-order valence-corrected chi connectivity index (χ0v) is 6.79. The fraction of sp³-hybridized carbons (Fsp3) is 0.800. The van der Waals surface area contributed by atoms with Gasteiger partial charge < -0.3 is 5.73 Å². The monoisotopic (exact) mass is 177 g/mol. The molecular weight excluding hydrogens is 166 g/mol. The van der Waals surface area contributed by atoms with E-state index in [1.54, 1.807) is 0 Å². The van der Waals surface area contributed by atoms with Crippen LogP contribution in [-0.2, 0) is 10.2 Å². The standard InChI is InChI=1S/C5H11N3O2S/c6-5-1-4(2-5)3-8-11(7,9)10/h3-5H,1-2,6H2,(H2,7,9,10)/b8-3+. The van der Waals surface area contributed by atoms with Crippen molar-refractivity contribution in [1.29, 1.82) is 0 Å². The van der Waals surface area contributed by atoms with Gasteiger partial charge in [0.1, 0.15) is 0 Å². The van der Waals surface area contributed by atoms with Crippen molar-refractivity contribution in [2.45, 2.75) is 18.9 Å². The summed E-state index contributed by atoms with van der Waals surface area (Å²) in [7, 11) is -3.68. The Morgan fingerprint density at radius 3 is 2.36 bits per heavy atom. The van der Waals surface area contributed by atoms with Gasteiger partial charge in [0, 0.05) is 12.3 Å². The molecule has 6 heteroatoms. The van der Waals surface area contributed by atoms with Crippen molar-refractivity contribution in [1.82, 2.24) is 0 Å². The highest BCUT2D eigenvalue weighted by Crippen LogP contribution is 2.23. The van der Waals surface area contributed by atoms with Gasteiger partial charge in [-0.3, -0.25) is 0 Å². The lowest BCUT2D eigenvalue weighted by Crippen LogP contribution is -2.37. The fourth-order valence-corrected chi connectivity index (χ4v) is 1.34. The Morgan fingerprint density at radius 2 is 2.00 bits per heavy atom. The highest BCUT2D eigenvalue weighted by Gasteiger charge is 2.24. The zero-order valence-electron chi connectivity index (χ0n) is 5.97. The molecule has 0 spiro atoms. The van der Waals surface area contributed by atoms with Crippen molar-refractivity contribution >= 4 is 16.4 Å². The molecule has 1 aliphatic rings. The van der Waals surface area contributed by atoms with Gasteiger partial charge in [-0.15, -0.1) is 0 Å². The number of nitrogens with two attached hydrogens (primary N) is 2. The molecule has 0 unspecified atom stereocenters. The molecule has 11 heavy (non-hydrogen) atoms. The van der Waals surface area contributed by atoms with Gasteiger partial charge in [0.15, 0.2) is 0 Å². The largest absolute Gasteiger partial charge is 0.328 e. The Kier molecular flexibility index (Phi) is 2.26. The molecule has 0 saturated heterocycles. The molecule has 0 heterocycles. The van der Waals surface area contributed by atoms with Crippen LogP contribution in [0.15, 0.2) is 4.40 Å². The Balaban J connectivity index is 2.38. The van der Waals surface area contributed by atoms with E-state index in [9.17, 15) is 8.42 Å². The van der Waals surface area contributed by atoms with Crippen LogP contribution < -0.4 is 10.9 Å². The molecule has 4 N–H and O–H groups in total. The maximum atomic E-state index is 10.3. The smallest absolute Gasteiger partial charge is 0.316 e. The van der Waals surface area contributed by atoms with E-state index in [0.29, 0.717) is 0 Å². The van der Waals surface area contributed by atoms with Crippen molar-refractivity contribution < 1.29 is 8.42 Å². The summed E-state index contributed by atoms with van der Waals surface area (Å²) >= 11 is 0. The van der Waals surface area contributed by atoms with E-state index in [2.05, 4.69) is 9.54 Å². The summed E-state index contributed by atoms with van der Waals surface area (Å²) in [6.45, 7) is 0. The Hall–Kier alpha value is -0.460. The molecular formula is C5H11N3O2S. The lowest BCUT2D eigenvalue weighted by atomic mass is 9.82. The van der Waals surface area contributed by atoms with Gasteiger partial charge in [0.25, 0.3) is 0 Å². The molecule has 64 valence electrons. The van der Waals surface area contributed by atoms with Crippen LogP contribution >= 0.6 is 0 Å². The molecule has 0 atom stereocenters. The summed E-state index contributed by atoms with van der Waals surface area (Å²) in [5.41, 5.74) is 5.47. The maximum Gasteiger partial charge on any atom is 0.316 e. The second-order valence-electron chi connectivity index (χ2n) is 2.76. The first-order chi connectivity index (χ1) is 4.97. The van der Waals surface area contributed by atoms with Crippen molar-refractivity contribution in [3.8, 4) is 0 Å². The predicted molar refractivity (Wildman–Crippen MR) is 42.3 cm³/mol. The molecule has 1 fully saturated rings. The average molecular weight is 177 g/mol. The topological polar surface area (TPSA) is 98.5 Å². The van der Waals surface area contributed by atoms with E-state index >= 15 is 0 Å². The molecule has 1 rings (SSSR count). The van der Waals surface area contributed by atoms with Gasteiger partial charge in [-0.1, -0.05) is 0 Å². The van der Waals surface area contributed by atoms with Gasteiger partial charge in [-0.25, -0.2) is 5.14 Å². The fourth-order valence-electron chi connectivity index (χ4n) is 1.00. The summed E-state index contributed by atoms with van der Waals surface area (Å²) in [6, 6.07) is 0.201. The van der Waals surface area contributed by atoms with Gasteiger partial charge in [-0.05, 0) is 18.8 Å². The SMILES string of the molecule is NC1CC(/C=N/S(N)(=O)=O)C1. The highest BCUT2D eigenvalue weighted by atomic mass is 32.2. The Labute approximate surface area is 65.7 Å². The third-order valence-electron chi connectivity index (χ3n) is 1.63. The summed E-state index contributed by atoms with van der Waals surface area (Å²) in [5.74, 6) is 0.198. The molecule has 0 aliphatic heterocycles. The van der Waals surface area contributed by atoms with Crippen molar-refractivity contribution in [3.05, 3.63) is 0 Å². The summed E-state index contributed by atoms with van der Waals surface area (Å²) in [4.78, 5) is 0. The van der Waals surface area contributed by atoms with E-state index in [1.807, 2.05) is 0 Å². The van der Waals surface area contributed by atoms with Crippen LogP contribution in [0.4, 0.5) is 0 Å². The van der Waals surface area contributed by atoms with E-state index in [4.69, 9.17) is 5.73 Å². The molecule has 1 aliphatic carbocycles. The van der Waals surface area contributed by atoms with Crippen molar-refractivity contribution in [3.63, 3.8) is 0 Å². The van der Waals surface area contributed by atoms with Crippen molar-refractivity contribution in [2.24, 2.45) is 21.2 Å². The molecule has 0 aromatic heterocycles. The van der Waals surface area contributed by atoms with Crippen LogP contribution in [0.25, 0.3) is 0 Å². The second-order valence-corrected chi connectivity index (χ2v) is 4.00.